The van der Waals surface area contributed by atoms with Crippen molar-refractivity contribution in [1.29, 1.82) is 0 Å². The molecule has 0 aliphatic carbocycles. The summed E-state index contributed by atoms with van der Waals surface area (Å²) in [5.74, 6) is -0.874. The zero-order chi connectivity index (χ0) is 11.7. The second-order valence-corrected chi connectivity index (χ2v) is 4.98. The third-order valence-corrected chi connectivity index (χ3v) is 3.76. The van der Waals surface area contributed by atoms with Crippen molar-refractivity contribution in [1.82, 2.24) is 9.80 Å². The molecular formula is C12H20N2O2. The largest absolute Gasteiger partial charge is 0.478 e. The van der Waals surface area contributed by atoms with Crippen LogP contribution < -0.4 is 0 Å². The molecule has 0 aromatic carbocycles. The Hall–Kier alpha value is -0.870. The summed E-state index contributed by atoms with van der Waals surface area (Å²) in [6, 6.07) is 1.07. The van der Waals surface area contributed by atoms with Crippen LogP contribution in [0.25, 0.3) is 0 Å². The second-order valence-electron chi connectivity index (χ2n) is 4.98. The van der Waals surface area contributed by atoms with Gasteiger partial charge in [-0.15, -0.1) is 0 Å². The number of carbonyl (C=O) groups is 1. The van der Waals surface area contributed by atoms with Crippen LogP contribution in [0.4, 0.5) is 0 Å². The van der Waals surface area contributed by atoms with Crippen LogP contribution in [0.2, 0.25) is 0 Å². The molecule has 2 aliphatic heterocycles. The van der Waals surface area contributed by atoms with Crippen LogP contribution in [-0.2, 0) is 4.79 Å². The fraction of sp³-hybridized carbons (Fsp3) is 0.750. The number of hydrogen-bond acceptors (Lipinski definition) is 3. The quantitative estimate of drug-likeness (QED) is 0.720. The zero-order valence-corrected chi connectivity index (χ0v) is 9.85. The lowest BCUT2D eigenvalue weighted by atomic mass is 10.1. The maximum atomic E-state index is 10.8. The third kappa shape index (κ3) is 2.28. The first-order valence-electron chi connectivity index (χ1n) is 5.97. The van der Waals surface area contributed by atoms with Gasteiger partial charge in [-0.2, -0.15) is 0 Å². The van der Waals surface area contributed by atoms with Crippen molar-refractivity contribution >= 4 is 5.97 Å². The Balaban J connectivity index is 1.94. The van der Waals surface area contributed by atoms with E-state index in [4.69, 9.17) is 5.11 Å². The Bertz CT molecular complexity index is 303. The Kier molecular flexibility index (Phi) is 3.30. The summed E-state index contributed by atoms with van der Waals surface area (Å²) in [6.45, 7) is 9.56. The van der Waals surface area contributed by atoms with Crippen molar-refractivity contribution in [2.45, 2.75) is 31.8 Å². The Morgan fingerprint density at radius 1 is 1.50 bits per heavy atom. The maximum Gasteiger partial charge on any atom is 0.332 e. The van der Waals surface area contributed by atoms with E-state index in [0.29, 0.717) is 24.2 Å². The highest BCUT2D eigenvalue weighted by molar-refractivity contribution is 5.86. The highest BCUT2D eigenvalue weighted by Gasteiger charge is 2.34. The number of aliphatic carboxylic acids is 1. The van der Waals surface area contributed by atoms with E-state index in [2.05, 4.69) is 23.3 Å². The zero-order valence-electron chi connectivity index (χ0n) is 9.85. The van der Waals surface area contributed by atoms with Crippen molar-refractivity contribution in [3.63, 3.8) is 0 Å². The van der Waals surface area contributed by atoms with E-state index >= 15 is 0 Å². The van der Waals surface area contributed by atoms with Crippen molar-refractivity contribution in [3.05, 3.63) is 12.2 Å². The SMILES string of the molecule is C=C(CN1CC2CCCN2CC1C)C(=O)O. The molecule has 0 spiro atoms. The minimum Gasteiger partial charge on any atom is -0.478 e. The first kappa shape index (κ1) is 11.6. The van der Waals surface area contributed by atoms with Crippen LogP contribution in [-0.4, -0.2) is 59.1 Å². The van der Waals surface area contributed by atoms with Gasteiger partial charge in [-0.3, -0.25) is 9.80 Å². The van der Waals surface area contributed by atoms with Gasteiger partial charge in [0.15, 0.2) is 0 Å². The molecule has 0 radical (unpaired) electrons. The van der Waals surface area contributed by atoms with Gasteiger partial charge in [-0.1, -0.05) is 6.58 Å². The van der Waals surface area contributed by atoms with Gasteiger partial charge >= 0.3 is 5.97 Å². The molecule has 0 saturated carbocycles. The minimum absolute atomic E-state index is 0.304. The average molecular weight is 224 g/mol. The van der Waals surface area contributed by atoms with Crippen molar-refractivity contribution in [2.24, 2.45) is 0 Å². The van der Waals surface area contributed by atoms with Crippen LogP contribution in [0, 0.1) is 0 Å². The molecule has 16 heavy (non-hydrogen) atoms. The summed E-state index contributed by atoms with van der Waals surface area (Å²) in [6.07, 6.45) is 2.54. The van der Waals surface area contributed by atoms with E-state index in [1.165, 1.54) is 19.4 Å². The van der Waals surface area contributed by atoms with Gasteiger partial charge in [0, 0.05) is 37.3 Å². The number of hydrogen-bond donors (Lipinski definition) is 1. The Morgan fingerprint density at radius 2 is 2.25 bits per heavy atom. The summed E-state index contributed by atoms with van der Waals surface area (Å²) in [7, 11) is 0. The van der Waals surface area contributed by atoms with Crippen molar-refractivity contribution in [3.8, 4) is 0 Å². The molecule has 0 amide bonds. The van der Waals surface area contributed by atoms with Gasteiger partial charge in [0.25, 0.3) is 0 Å². The summed E-state index contributed by atoms with van der Waals surface area (Å²) in [5, 5.41) is 8.85. The predicted molar refractivity (Wildman–Crippen MR) is 62.4 cm³/mol. The van der Waals surface area contributed by atoms with Gasteiger partial charge < -0.3 is 5.11 Å². The van der Waals surface area contributed by atoms with E-state index in [1.54, 1.807) is 0 Å². The third-order valence-electron chi connectivity index (χ3n) is 3.76. The molecule has 90 valence electrons. The highest BCUT2D eigenvalue weighted by atomic mass is 16.4. The summed E-state index contributed by atoms with van der Waals surface area (Å²) in [4.78, 5) is 15.6. The average Bonchev–Trinajstić information content (AvgIpc) is 2.65. The fourth-order valence-electron chi connectivity index (χ4n) is 2.78. The first-order valence-corrected chi connectivity index (χ1v) is 5.97. The lowest BCUT2D eigenvalue weighted by molar-refractivity contribution is -0.133. The van der Waals surface area contributed by atoms with Crippen LogP contribution >= 0.6 is 0 Å². The maximum absolute atomic E-state index is 10.8. The molecule has 1 N–H and O–H groups in total. The molecule has 2 rings (SSSR count). The lowest BCUT2D eigenvalue weighted by Gasteiger charge is -2.42. The molecule has 2 unspecified atom stereocenters. The molecule has 0 bridgehead atoms. The first-order chi connectivity index (χ1) is 7.58. The molecule has 2 aliphatic rings. The predicted octanol–water partition coefficient (Wildman–Crippen LogP) is 0.796. The number of fused-ring (bicyclic) bond motifs is 1. The lowest BCUT2D eigenvalue weighted by Crippen LogP contribution is -2.55. The van der Waals surface area contributed by atoms with E-state index < -0.39 is 5.97 Å². The molecule has 2 heterocycles. The monoisotopic (exact) mass is 224 g/mol. The van der Waals surface area contributed by atoms with Crippen LogP contribution in [0.1, 0.15) is 19.8 Å². The molecule has 4 nitrogen and oxygen atoms in total. The molecule has 4 heteroatoms. The number of carboxylic acids is 1. The van der Waals surface area contributed by atoms with Gasteiger partial charge in [-0.05, 0) is 26.3 Å². The number of piperazine rings is 1. The van der Waals surface area contributed by atoms with E-state index in [1.807, 2.05) is 0 Å². The summed E-state index contributed by atoms with van der Waals surface area (Å²) in [5.41, 5.74) is 0.304. The topological polar surface area (TPSA) is 43.8 Å². The number of carboxylic acid groups (broad SMARTS) is 1. The Labute approximate surface area is 96.5 Å². The molecular weight excluding hydrogens is 204 g/mol. The van der Waals surface area contributed by atoms with Crippen LogP contribution in [0.3, 0.4) is 0 Å². The normalized spacial score (nSPS) is 31.3. The smallest absolute Gasteiger partial charge is 0.332 e. The minimum atomic E-state index is -0.874. The standard InChI is InChI=1S/C12H20N2O2/c1-9(12(15)16)6-14-8-11-4-3-5-13(11)7-10(14)2/h10-11H,1,3-8H2,2H3,(H,15,16). The van der Waals surface area contributed by atoms with Crippen molar-refractivity contribution in [2.75, 3.05) is 26.2 Å². The molecule has 2 fully saturated rings. The van der Waals surface area contributed by atoms with Crippen molar-refractivity contribution < 1.29 is 9.90 Å². The molecule has 2 atom stereocenters. The molecule has 0 aromatic rings. The Morgan fingerprint density at radius 3 is 2.94 bits per heavy atom. The van der Waals surface area contributed by atoms with Crippen LogP contribution in [0.15, 0.2) is 12.2 Å². The van der Waals surface area contributed by atoms with Gasteiger partial charge in [-0.25, -0.2) is 4.79 Å². The van der Waals surface area contributed by atoms with Gasteiger partial charge in [0.2, 0.25) is 0 Å². The summed E-state index contributed by atoms with van der Waals surface area (Å²) >= 11 is 0. The summed E-state index contributed by atoms with van der Waals surface area (Å²) < 4.78 is 0. The van der Waals surface area contributed by atoms with E-state index in [9.17, 15) is 4.79 Å². The van der Waals surface area contributed by atoms with Crippen LogP contribution in [0.5, 0.6) is 0 Å². The number of rotatable bonds is 3. The van der Waals surface area contributed by atoms with E-state index in [0.717, 1.165) is 13.1 Å². The highest BCUT2D eigenvalue weighted by Crippen LogP contribution is 2.24. The molecule has 0 aromatic heterocycles. The van der Waals surface area contributed by atoms with E-state index in [-0.39, 0.29) is 0 Å². The second kappa shape index (κ2) is 4.55. The number of nitrogens with zero attached hydrogens (tertiary/aromatic N) is 2. The van der Waals surface area contributed by atoms with Gasteiger partial charge in [0.05, 0.1) is 0 Å². The van der Waals surface area contributed by atoms with Gasteiger partial charge in [0.1, 0.15) is 0 Å². The molecule has 2 saturated heterocycles. The fourth-order valence-corrected chi connectivity index (χ4v) is 2.78.